The van der Waals surface area contributed by atoms with Gasteiger partial charge >= 0.3 is 11.9 Å². The summed E-state index contributed by atoms with van der Waals surface area (Å²) in [5, 5.41) is 32.2. The van der Waals surface area contributed by atoms with E-state index in [-0.39, 0.29) is 89.4 Å². The van der Waals surface area contributed by atoms with Crippen molar-refractivity contribution in [1.29, 1.82) is 0 Å². The summed E-state index contributed by atoms with van der Waals surface area (Å²) >= 11 is 0. The Bertz CT molecular complexity index is 1300. The number of hydrogen-bond donors (Lipinski definition) is 3. The second kappa shape index (κ2) is 23.5. The number of carbonyl (C=O) groups excluding carboxylic acids is 5. The summed E-state index contributed by atoms with van der Waals surface area (Å²) in [6, 6.07) is -1.37. The number of amides is 1. The normalized spacial score (nSPS) is 13.8. The molecule has 1 rings (SSSR count). The van der Waals surface area contributed by atoms with E-state index < -0.39 is 69.1 Å². The number of nitrogens with one attached hydrogen (secondary N) is 1. The maximum atomic E-state index is 12.4. The molecule has 0 saturated heterocycles. The van der Waals surface area contributed by atoms with E-state index in [1.807, 2.05) is 0 Å². The maximum Gasteiger partial charge on any atom is 0.326 e. The second-order valence-electron chi connectivity index (χ2n) is 11.5. The van der Waals surface area contributed by atoms with Crippen molar-refractivity contribution >= 4 is 56.5 Å². The van der Waals surface area contributed by atoms with Gasteiger partial charge in [-0.15, -0.1) is 5.10 Å². The van der Waals surface area contributed by atoms with Crippen LogP contribution >= 0.6 is 0 Å². The first kappa shape index (κ1) is 42.3. The summed E-state index contributed by atoms with van der Waals surface area (Å²) in [7, 11) is -3.76. The van der Waals surface area contributed by atoms with Crippen molar-refractivity contribution in [3.05, 3.63) is 0 Å². The van der Waals surface area contributed by atoms with Crippen LogP contribution in [0.5, 0.6) is 0 Å². The molecule has 0 aromatic carbocycles. The van der Waals surface area contributed by atoms with Crippen molar-refractivity contribution in [2.75, 3.05) is 44.5 Å². The van der Waals surface area contributed by atoms with Crippen molar-refractivity contribution < 1.29 is 61.7 Å². The third-order valence-corrected chi connectivity index (χ3v) is 8.70. The van der Waals surface area contributed by atoms with Crippen LogP contribution in [0.1, 0.15) is 84.0 Å². The topological polar surface area (TPSA) is 262 Å². The molecule has 18 heteroatoms. The molecule has 0 fully saturated rings. The molecule has 0 saturated carbocycles. The minimum Gasteiger partial charge on any atom is -0.481 e. The van der Waals surface area contributed by atoms with Crippen LogP contribution in [0.25, 0.3) is 0 Å². The summed E-state index contributed by atoms with van der Waals surface area (Å²) in [5.74, 6) is -7.09. The molecule has 0 aromatic heterocycles. The first-order chi connectivity index (χ1) is 22.7. The Hall–Kier alpha value is -3.77. The van der Waals surface area contributed by atoms with E-state index in [0.717, 1.165) is 5.71 Å². The van der Waals surface area contributed by atoms with Crippen LogP contribution in [0.3, 0.4) is 0 Å². The van der Waals surface area contributed by atoms with Crippen molar-refractivity contribution in [3.8, 4) is 0 Å². The average Bonchev–Trinajstić information content (AvgIpc) is 3.51. The first-order valence-electron chi connectivity index (χ1n) is 15.8. The lowest BCUT2D eigenvalue weighted by atomic mass is 9.95. The van der Waals surface area contributed by atoms with Crippen LogP contribution in [0, 0.1) is 5.92 Å². The summed E-state index contributed by atoms with van der Waals surface area (Å²) in [4.78, 5) is 83.0. The third kappa shape index (κ3) is 21.2. The van der Waals surface area contributed by atoms with Crippen LogP contribution in [-0.4, -0.2) is 116 Å². The van der Waals surface area contributed by atoms with Crippen LogP contribution in [0.2, 0.25) is 0 Å². The van der Waals surface area contributed by atoms with Gasteiger partial charge in [-0.3, -0.25) is 28.8 Å². The molecule has 0 aromatic rings. The lowest BCUT2D eigenvalue weighted by Crippen LogP contribution is -2.41. The molecule has 0 unspecified atom stereocenters. The highest BCUT2D eigenvalue weighted by atomic mass is 32.2. The summed E-state index contributed by atoms with van der Waals surface area (Å²) in [6.07, 6.45) is -0.212. The van der Waals surface area contributed by atoms with Gasteiger partial charge in [-0.1, -0.05) is 0 Å². The predicted molar refractivity (Wildman–Crippen MR) is 169 cm³/mol. The zero-order valence-electron chi connectivity index (χ0n) is 27.2. The molecule has 1 heterocycles. The minimum absolute atomic E-state index is 0.000686. The van der Waals surface area contributed by atoms with Gasteiger partial charge < -0.3 is 25.0 Å². The number of ketones is 4. The second-order valence-corrected chi connectivity index (χ2v) is 13.6. The van der Waals surface area contributed by atoms with Gasteiger partial charge in [-0.05, 0) is 50.7 Å². The molecule has 1 aliphatic heterocycles. The van der Waals surface area contributed by atoms with Crippen LogP contribution in [0.4, 0.5) is 0 Å². The number of ether oxygens (including phenoxy) is 2. The Labute approximate surface area is 279 Å². The fraction of sp³-hybridized carbons (Fsp3) is 0.733. The van der Waals surface area contributed by atoms with Gasteiger partial charge in [-0.2, -0.15) is 5.11 Å². The number of rotatable bonds is 30. The molecule has 1 aliphatic rings. The number of nitrogens with zero attached hydrogens (tertiary/aromatic N) is 3. The first-order valence-corrected chi connectivity index (χ1v) is 17.6. The fourth-order valence-electron chi connectivity index (χ4n) is 4.49. The number of carbonyl (C=O) groups is 7. The molecule has 48 heavy (non-hydrogen) atoms. The van der Waals surface area contributed by atoms with Gasteiger partial charge in [0.05, 0.1) is 30.6 Å². The monoisotopic (exact) mass is 702 g/mol. The molecule has 2 atom stereocenters. The zero-order chi connectivity index (χ0) is 36.0. The minimum atomic E-state index is -3.76. The summed E-state index contributed by atoms with van der Waals surface area (Å²) in [6.45, 7) is 2.53. The lowest BCUT2D eigenvalue weighted by molar-refractivity contribution is -0.145. The van der Waals surface area contributed by atoms with E-state index in [0.29, 0.717) is 25.8 Å². The number of hydrogen-bond acceptors (Lipinski definition) is 14. The van der Waals surface area contributed by atoms with Gasteiger partial charge in [0.25, 0.3) is 0 Å². The zero-order valence-corrected chi connectivity index (χ0v) is 28.0. The molecule has 17 nitrogen and oxygen atoms in total. The van der Waals surface area contributed by atoms with Crippen molar-refractivity contribution in [2.24, 2.45) is 21.4 Å². The van der Waals surface area contributed by atoms with Gasteiger partial charge in [0.1, 0.15) is 42.3 Å². The molecule has 1 amide bonds. The molecule has 0 spiro atoms. The number of Topliss-reactive ketones (excluding diaryl/α,β-unsaturated/α-hetero) is 4. The van der Waals surface area contributed by atoms with Crippen molar-refractivity contribution in [1.82, 2.24) is 5.32 Å². The fourth-order valence-corrected chi connectivity index (χ4v) is 5.86. The Morgan fingerprint density at radius 3 is 2.15 bits per heavy atom. The maximum absolute atomic E-state index is 12.4. The highest BCUT2D eigenvalue weighted by molar-refractivity contribution is 7.92. The van der Waals surface area contributed by atoms with E-state index in [9.17, 15) is 52.2 Å². The van der Waals surface area contributed by atoms with Crippen LogP contribution in [-0.2, 0) is 52.9 Å². The molecular formula is C30H46N4O13S. The van der Waals surface area contributed by atoms with E-state index in [2.05, 4.69) is 20.8 Å². The smallest absolute Gasteiger partial charge is 0.326 e. The van der Waals surface area contributed by atoms with Gasteiger partial charge in [0.15, 0.2) is 15.6 Å². The highest BCUT2D eigenvalue weighted by Gasteiger charge is 2.25. The standard InChI is InChI=1S/C30H46N4O13S/c1-21(35)19-47-15-14-46-13-3-7-24(36)10-11-27(30(42)43)32-28(39)12-9-22(29(40)41)17-25(37)8-4-16-48(44,45)20-26(38)6-2-5-23-18-31-34-33-23/h22,27H,2-20H2,1H3,(H,32,39)(H,40,41)(H,42,43)/t22-,27+/m1/s1. The Morgan fingerprint density at radius 2 is 1.50 bits per heavy atom. The highest BCUT2D eigenvalue weighted by Crippen LogP contribution is 2.15. The van der Waals surface area contributed by atoms with E-state index in [1.54, 1.807) is 0 Å². The van der Waals surface area contributed by atoms with E-state index in [1.165, 1.54) is 6.92 Å². The Morgan fingerprint density at radius 1 is 0.812 bits per heavy atom. The third-order valence-electron chi connectivity index (χ3n) is 7.03. The number of aliphatic carboxylic acids is 2. The van der Waals surface area contributed by atoms with Crippen molar-refractivity contribution in [3.63, 3.8) is 0 Å². The van der Waals surface area contributed by atoms with Gasteiger partial charge in [0, 0.05) is 45.1 Å². The van der Waals surface area contributed by atoms with Gasteiger partial charge in [-0.25, -0.2) is 13.2 Å². The van der Waals surface area contributed by atoms with Crippen LogP contribution in [0.15, 0.2) is 15.4 Å². The Kier molecular flexibility index (Phi) is 20.7. The number of sulfone groups is 1. The van der Waals surface area contributed by atoms with E-state index in [4.69, 9.17) is 9.47 Å². The Balaban J connectivity index is 2.33. The predicted octanol–water partition coefficient (Wildman–Crippen LogP) is 1.50. The summed E-state index contributed by atoms with van der Waals surface area (Å²) in [5.41, 5.74) is 0.721. The van der Waals surface area contributed by atoms with E-state index >= 15 is 0 Å². The molecule has 0 bridgehead atoms. The molecular weight excluding hydrogens is 656 g/mol. The summed E-state index contributed by atoms with van der Waals surface area (Å²) < 4.78 is 34.9. The van der Waals surface area contributed by atoms with Crippen LogP contribution < -0.4 is 5.32 Å². The lowest BCUT2D eigenvalue weighted by Gasteiger charge is -2.16. The average molecular weight is 703 g/mol. The quantitative estimate of drug-likeness (QED) is 0.0898. The molecule has 0 aliphatic carbocycles. The molecule has 270 valence electrons. The molecule has 3 N–H and O–H groups in total. The number of carboxylic acids is 2. The largest absolute Gasteiger partial charge is 0.481 e. The number of carboxylic acid groups (broad SMARTS) is 2. The van der Waals surface area contributed by atoms with Crippen molar-refractivity contribution in [2.45, 2.75) is 90.0 Å². The SMILES string of the molecule is CC(=O)COCCOCCCC(=O)CC[C@H](NC(=O)CC[C@H](CC(=O)CCCS(=O)(=O)CC(=O)CCCC1=NN=NC1)C(=O)O)C(=O)O. The molecule has 0 radical (unpaired) electrons. The van der Waals surface area contributed by atoms with Gasteiger partial charge in [0.2, 0.25) is 5.91 Å².